The van der Waals surface area contributed by atoms with Gasteiger partial charge in [-0.05, 0) is 12.8 Å². The number of ether oxygens (including phenoxy) is 1. The largest absolute Gasteiger partial charge is 0.465 e. The Hall–Kier alpha value is -1.98. The van der Waals surface area contributed by atoms with Crippen LogP contribution < -0.4 is 5.32 Å². The zero-order chi connectivity index (χ0) is 13.8. The molecule has 1 heterocycles. The van der Waals surface area contributed by atoms with Gasteiger partial charge in [0.05, 0.1) is 12.8 Å². The maximum absolute atomic E-state index is 13.1. The molecule has 1 fully saturated rings. The molecule has 0 bridgehead atoms. The zero-order valence-corrected chi connectivity index (χ0v) is 10.6. The quantitative estimate of drug-likeness (QED) is 0.672. The maximum atomic E-state index is 13.1. The van der Waals surface area contributed by atoms with Crippen LogP contribution in [0.25, 0.3) is 0 Å². The molecule has 5 nitrogen and oxygen atoms in total. The van der Waals surface area contributed by atoms with Gasteiger partial charge in [-0.2, -0.15) is 4.39 Å². The number of halogens is 1. The number of hydrogen-bond donors (Lipinski definition) is 1. The fraction of sp³-hybridized carbons (Fsp3) is 0.462. The second kappa shape index (κ2) is 5.77. The minimum atomic E-state index is -0.755. The van der Waals surface area contributed by atoms with Crippen LogP contribution in [0.4, 0.5) is 10.1 Å². The Labute approximate surface area is 110 Å². The molecule has 1 aromatic heterocycles. The van der Waals surface area contributed by atoms with Crippen LogP contribution in [-0.4, -0.2) is 24.0 Å². The number of pyridine rings is 1. The highest BCUT2D eigenvalue weighted by Gasteiger charge is 2.24. The second-order valence-electron chi connectivity index (χ2n) is 4.51. The Morgan fingerprint density at radius 3 is 2.74 bits per heavy atom. The van der Waals surface area contributed by atoms with Gasteiger partial charge < -0.3 is 10.1 Å². The van der Waals surface area contributed by atoms with E-state index in [-0.39, 0.29) is 23.1 Å². The summed E-state index contributed by atoms with van der Waals surface area (Å²) in [6.45, 7) is 0. The third kappa shape index (κ3) is 3.07. The summed E-state index contributed by atoms with van der Waals surface area (Å²) in [4.78, 5) is 26.9. The number of carbonyl (C=O) groups is 2. The van der Waals surface area contributed by atoms with Crippen molar-refractivity contribution in [1.82, 2.24) is 4.98 Å². The lowest BCUT2D eigenvalue weighted by atomic mass is 10.1. The molecule has 102 valence electrons. The summed E-state index contributed by atoms with van der Waals surface area (Å²) in [5.74, 6) is -1.67. The van der Waals surface area contributed by atoms with Crippen LogP contribution >= 0.6 is 0 Å². The predicted molar refractivity (Wildman–Crippen MR) is 66.1 cm³/mol. The molecular formula is C13H15FN2O3. The van der Waals surface area contributed by atoms with E-state index in [4.69, 9.17) is 0 Å². The van der Waals surface area contributed by atoms with E-state index in [0.29, 0.717) is 0 Å². The fourth-order valence-corrected chi connectivity index (χ4v) is 2.23. The number of aromatic nitrogens is 1. The highest BCUT2D eigenvalue weighted by atomic mass is 19.1. The van der Waals surface area contributed by atoms with Gasteiger partial charge >= 0.3 is 5.97 Å². The highest BCUT2D eigenvalue weighted by molar-refractivity contribution is 6.01. The summed E-state index contributed by atoms with van der Waals surface area (Å²) in [5.41, 5.74) is 0.159. The van der Waals surface area contributed by atoms with Crippen LogP contribution in [0.5, 0.6) is 0 Å². The minimum absolute atomic E-state index is 0.0512. The third-order valence-electron chi connectivity index (χ3n) is 3.26. The first-order valence-electron chi connectivity index (χ1n) is 6.16. The van der Waals surface area contributed by atoms with Gasteiger partial charge in [0.25, 0.3) is 0 Å². The molecule has 0 radical (unpaired) electrons. The average Bonchev–Trinajstić information content (AvgIpc) is 2.92. The summed E-state index contributed by atoms with van der Waals surface area (Å²) in [6, 6.07) is 1.03. The predicted octanol–water partition coefficient (Wildman–Crippen LogP) is 2.14. The fourth-order valence-electron chi connectivity index (χ4n) is 2.23. The number of rotatable bonds is 3. The van der Waals surface area contributed by atoms with Crippen molar-refractivity contribution in [2.45, 2.75) is 25.7 Å². The van der Waals surface area contributed by atoms with Crippen molar-refractivity contribution in [2.24, 2.45) is 5.92 Å². The van der Waals surface area contributed by atoms with E-state index in [9.17, 15) is 14.0 Å². The van der Waals surface area contributed by atoms with Gasteiger partial charge in [-0.3, -0.25) is 4.79 Å². The number of hydrogen-bond acceptors (Lipinski definition) is 4. The van der Waals surface area contributed by atoms with Crippen LogP contribution in [0.15, 0.2) is 12.3 Å². The second-order valence-corrected chi connectivity index (χ2v) is 4.51. The van der Waals surface area contributed by atoms with Crippen molar-refractivity contribution < 1.29 is 18.7 Å². The molecule has 0 atom stereocenters. The van der Waals surface area contributed by atoms with Crippen LogP contribution in [0.1, 0.15) is 36.0 Å². The summed E-state index contributed by atoms with van der Waals surface area (Å²) in [6.07, 6.45) is 4.75. The number of nitrogens with one attached hydrogen (secondary N) is 1. The Kier molecular flexibility index (Phi) is 4.09. The standard InChI is InChI=1S/C13H15FN2O3/c1-19-13(18)9-7-15-11(14)6-10(9)16-12(17)8-4-2-3-5-8/h6-8H,2-5H2,1H3,(H,15,16,17). The van der Waals surface area contributed by atoms with Gasteiger partial charge in [0.1, 0.15) is 5.56 Å². The number of esters is 1. The van der Waals surface area contributed by atoms with Crippen molar-refractivity contribution >= 4 is 17.6 Å². The van der Waals surface area contributed by atoms with E-state index < -0.39 is 11.9 Å². The molecule has 1 amide bonds. The van der Waals surface area contributed by atoms with Gasteiger partial charge in [-0.15, -0.1) is 0 Å². The Morgan fingerprint density at radius 1 is 1.42 bits per heavy atom. The van der Waals surface area contributed by atoms with Gasteiger partial charge in [-0.25, -0.2) is 9.78 Å². The molecule has 1 aromatic rings. The normalized spacial score (nSPS) is 15.3. The van der Waals surface area contributed by atoms with E-state index in [1.807, 2.05) is 0 Å². The summed E-state index contributed by atoms with van der Waals surface area (Å²) >= 11 is 0. The third-order valence-corrected chi connectivity index (χ3v) is 3.26. The van der Waals surface area contributed by atoms with E-state index >= 15 is 0 Å². The number of methoxy groups -OCH3 is 1. The first-order chi connectivity index (χ1) is 9.11. The van der Waals surface area contributed by atoms with Crippen molar-refractivity contribution in [1.29, 1.82) is 0 Å². The molecule has 1 aliphatic rings. The van der Waals surface area contributed by atoms with Gasteiger partial charge in [0.15, 0.2) is 0 Å². The molecule has 0 aliphatic heterocycles. The first kappa shape index (κ1) is 13.5. The van der Waals surface area contributed by atoms with Crippen molar-refractivity contribution in [3.8, 4) is 0 Å². The molecule has 0 aromatic carbocycles. The molecule has 6 heteroatoms. The van der Waals surface area contributed by atoms with Crippen LogP contribution in [0.3, 0.4) is 0 Å². The molecular weight excluding hydrogens is 251 g/mol. The van der Waals surface area contributed by atoms with Crippen molar-refractivity contribution in [3.05, 3.63) is 23.8 Å². The van der Waals surface area contributed by atoms with Crippen LogP contribution in [-0.2, 0) is 9.53 Å². The van der Waals surface area contributed by atoms with Gasteiger partial charge in [0.2, 0.25) is 11.9 Å². The van der Waals surface area contributed by atoms with Crippen molar-refractivity contribution in [2.75, 3.05) is 12.4 Å². The average molecular weight is 266 g/mol. The van der Waals surface area contributed by atoms with E-state index in [2.05, 4.69) is 15.0 Å². The monoisotopic (exact) mass is 266 g/mol. The minimum Gasteiger partial charge on any atom is -0.465 e. The number of carbonyl (C=O) groups excluding carboxylic acids is 2. The lowest BCUT2D eigenvalue weighted by Crippen LogP contribution is -2.22. The number of amides is 1. The molecule has 1 saturated carbocycles. The molecule has 19 heavy (non-hydrogen) atoms. The van der Waals surface area contributed by atoms with E-state index in [0.717, 1.165) is 37.9 Å². The molecule has 1 aliphatic carbocycles. The van der Waals surface area contributed by atoms with Gasteiger partial charge in [0, 0.05) is 18.2 Å². The van der Waals surface area contributed by atoms with Gasteiger partial charge in [-0.1, -0.05) is 12.8 Å². The Morgan fingerprint density at radius 2 is 2.11 bits per heavy atom. The van der Waals surface area contributed by atoms with E-state index in [1.54, 1.807) is 0 Å². The lowest BCUT2D eigenvalue weighted by molar-refractivity contribution is -0.119. The van der Waals surface area contributed by atoms with Crippen molar-refractivity contribution in [3.63, 3.8) is 0 Å². The Balaban J connectivity index is 2.20. The molecule has 0 saturated heterocycles. The topological polar surface area (TPSA) is 68.3 Å². The molecule has 2 rings (SSSR count). The molecule has 0 unspecified atom stereocenters. The number of nitrogens with zero attached hydrogens (tertiary/aromatic N) is 1. The summed E-state index contributed by atoms with van der Waals surface area (Å²) in [5, 5.41) is 2.59. The SMILES string of the molecule is COC(=O)c1cnc(F)cc1NC(=O)C1CCCC1. The van der Waals surface area contributed by atoms with Crippen LogP contribution in [0.2, 0.25) is 0 Å². The maximum Gasteiger partial charge on any atom is 0.341 e. The first-order valence-corrected chi connectivity index (χ1v) is 6.16. The lowest BCUT2D eigenvalue weighted by Gasteiger charge is -2.12. The van der Waals surface area contributed by atoms with Crippen LogP contribution in [0, 0.1) is 11.9 Å². The molecule has 0 spiro atoms. The molecule has 1 N–H and O–H groups in total. The summed E-state index contributed by atoms with van der Waals surface area (Å²) in [7, 11) is 1.22. The number of anilines is 1. The zero-order valence-electron chi connectivity index (χ0n) is 10.6. The smallest absolute Gasteiger partial charge is 0.341 e. The highest BCUT2D eigenvalue weighted by Crippen LogP contribution is 2.26. The Bertz CT molecular complexity index is 499. The van der Waals surface area contributed by atoms with E-state index in [1.165, 1.54) is 7.11 Å². The summed E-state index contributed by atoms with van der Waals surface area (Å²) < 4.78 is 17.7.